The Kier molecular flexibility index (Phi) is 4.98. The number of rotatable bonds is 6. The van der Waals surface area contributed by atoms with E-state index in [0.29, 0.717) is 11.3 Å². The number of nitrogens with zero attached hydrogens (tertiary/aromatic N) is 1. The molecule has 0 saturated carbocycles. The van der Waals surface area contributed by atoms with Crippen LogP contribution in [0.3, 0.4) is 0 Å². The average molecular weight is 350 g/mol. The number of carbonyl (C=O) groups excluding carboxylic acids is 2. The van der Waals surface area contributed by atoms with Crippen LogP contribution in [0.25, 0.3) is 11.5 Å². The maximum absolute atomic E-state index is 12.4. The Hall–Kier alpha value is -3.61. The molecule has 1 unspecified atom stereocenters. The van der Waals surface area contributed by atoms with Gasteiger partial charge in [0.1, 0.15) is 12.3 Å². The van der Waals surface area contributed by atoms with Gasteiger partial charge in [-0.15, -0.1) is 0 Å². The van der Waals surface area contributed by atoms with Crippen LogP contribution >= 0.6 is 0 Å². The minimum Gasteiger partial charge on any atom is -0.444 e. The third-order valence-corrected chi connectivity index (χ3v) is 3.86. The van der Waals surface area contributed by atoms with Crippen LogP contribution in [0, 0.1) is 0 Å². The fourth-order valence-electron chi connectivity index (χ4n) is 2.50. The molecule has 5 N–H and O–H groups in total. The molecule has 0 bridgehead atoms. The predicted octanol–water partition coefficient (Wildman–Crippen LogP) is 1.75. The molecule has 3 rings (SSSR count). The summed E-state index contributed by atoms with van der Waals surface area (Å²) in [7, 11) is 0. The fraction of sp³-hybridized carbons (Fsp3) is 0.105. The molecule has 0 saturated heterocycles. The quantitative estimate of drug-likeness (QED) is 0.584. The molecule has 3 aromatic rings. The third-order valence-electron chi connectivity index (χ3n) is 3.86. The molecule has 26 heavy (non-hydrogen) atoms. The van der Waals surface area contributed by atoms with E-state index < -0.39 is 17.9 Å². The van der Waals surface area contributed by atoms with E-state index in [1.54, 1.807) is 24.3 Å². The van der Waals surface area contributed by atoms with Gasteiger partial charge < -0.3 is 21.2 Å². The Bertz CT molecular complexity index is 921. The zero-order valence-electron chi connectivity index (χ0n) is 13.9. The van der Waals surface area contributed by atoms with E-state index in [4.69, 9.17) is 15.9 Å². The molecule has 7 heteroatoms. The number of benzene rings is 2. The molecule has 2 aromatic carbocycles. The van der Waals surface area contributed by atoms with Gasteiger partial charge in [-0.25, -0.2) is 4.98 Å². The molecular formula is C19H18N4O3. The second kappa shape index (κ2) is 7.52. The van der Waals surface area contributed by atoms with Gasteiger partial charge in [0.2, 0.25) is 11.8 Å². The highest BCUT2D eigenvalue weighted by Gasteiger charge is 2.22. The van der Waals surface area contributed by atoms with Gasteiger partial charge in [-0.2, -0.15) is 0 Å². The number of primary amides is 1. The van der Waals surface area contributed by atoms with Gasteiger partial charge in [-0.05, 0) is 17.7 Å². The van der Waals surface area contributed by atoms with E-state index >= 15 is 0 Å². The van der Waals surface area contributed by atoms with Gasteiger partial charge in [0.25, 0.3) is 5.91 Å². The number of nitrogens with one attached hydrogen (secondary N) is 1. The summed E-state index contributed by atoms with van der Waals surface area (Å²) in [5.74, 6) is -0.945. The smallest absolute Gasteiger partial charge is 0.273 e. The van der Waals surface area contributed by atoms with Gasteiger partial charge in [0, 0.05) is 12.1 Å². The van der Waals surface area contributed by atoms with Gasteiger partial charge in [0.05, 0.1) is 5.56 Å². The summed E-state index contributed by atoms with van der Waals surface area (Å²) in [6, 6.07) is 15.5. The van der Waals surface area contributed by atoms with Crippen molar-refractivity contribution in [2.24, 2.45) is 5.73 Å². The Balaban J connectivity index is 1.74. The lowest BCUT2D eigenvalue weighted by Crippen LogP contribution is -2.45. The van der Waals surface area contributed by atoms with E-state index in [0.717, 1.165) is 5.56 Å². The number of amides is 2. The summed E-state index contributed by atoms with van der Waals surface area (Å²) in [6.45, 7) is 0. The highest BCUT2D eigenvalue weighted by molar-refractivity contribution is 5.96. The molecule has 0 fully saturated rings. The molecule has 2 amide bonds. The van der Waals surface area contributed by atoms with Crippen molar-refractivity contribution < 1.29 is 14.0 Å². The summed E-state index contributed by atoms with van der Waals surface area (Å²) in [5.41, 5.74) is 13.3. The molecule has 132 valence electrons. The summed E-state index contributed by atoms with van der Waals surface area (Å²) >= 11 is 0. The maximum Gasteiger partial charge on any atom is 0.273 e. The van der Waals surface area contributed by atoms with Crippen molar-refractivity contribution in [2.45, 2.75) is 12.5 Å². The van der Waals surface area contributed by atoms with Crippen LogP contribution in [0.1, 0.15) is 16.1 Å². The van der Waals surface area contributed by atoms with Crippen molar-refractivity contribution in [3.63, 3.8) is 0 Å². The monoisotopic (exact) mass is 350 g/mol. The lowest BCUT2D eigenvalue weighted by atomic mass is 10.1. The fourth-order valence-corrected chi connectivity index (χ4v) is 2.50. The highest BCUT2D eigenvalue weighted by atomic mass is 16.3. The van der Waals surface area contributed by atoms with Crippen LogP contribution in [-0.2, 0) is 11.2 Å². The van der Waals surface area contributed by atoms with E-state index in [1.807, 2.05) is 30.3 Å². The number of hydrogen-bond donors (Lipinski definition) is 3. The van der Waals surface area contributed by atoms with Crippen molar-refractivity contribution in [1.82, 2.24) is 10.3 Å². The van der Waals surface area contributed by atoms with Crippen molar-refractivity contribution in [3.8, 4) is 11.5 Å². The summed E-state index contributed by atoms with van der Waals surface area (Å²) in [5, 5.41) is 2.59. The second-order valence-electron chi connectivity index (χ2n) is 5.74. The molecule has 0 aliphatic heterocycles. The molecule has 1 heterocycles. The van der Waals surface area contributed by atoms with Crippen molar-refractivity contribution in [2.75, 3.05) is 5.73 Å². The second-order valence-corrected chi connectivity index (χ2v) is 5.74. The Labute approximate surface area is 150 Å². The van der Waals surface area contributed by atoms with Crippen molar-refractivity contribution in [3.05, 3.63) is 72.1 Å². The molecular weight excluding hydrogens is 332 g/mol. The molecule has 0 radical (unpaired) electrons. The van der Waals surface area contributed by atoms with Crippen molar-refractivity contribution >= 4 is 17.5 Å². The number of hydrogen-bond acceptors (Lipinski definition) is 5. The molecule has 7 nitrogen and oxygen atoms in total. The van der Waals surface area contributed by atoms with E-state index in [2.05, 4.69) is 10.3 Å². The molecule has 0 spiro atoms. The normalized spacial score (nSPS) is 11.7. The van der Waals surface area contributed by atoms with Crippen LogP contribution in [0.4, 0.5) is 5.69 Å². The van der Waals surface area contributed by atoms with E-state index in [9.17, 15) is 9.59 Å². The first-order valence-electron chi connectivity index (χ1n) is 7.99. The third kappa shape index (κ3) is 3.89. The summed E-state index contributed by atoms with van der Waals surface area (Å²) < 4.78 is 5.34. The molecule has 1 aromatic heterocycles. The Morgan fingerprint density at radius 2 is 1.77 bits per heavy atom. The first kappa shape index (κ1) is 17.2. The van der Waals surface area contributed by atoms with Gasteiger partial charge in [0.15, 0.2) is 5.69 Å². The van der Waals surface area contributed by atoms with E-state index in [1.165, 1.54) is 6.26 Å². The van der Waals surface area contributed by atoms with Gasteiger partial charge in [-0.3, -0.25) is 9.59 Å². The summed E-state index contributed by atoms with van der Waals surface area (Å²) in [6.07, 6.45) is 1.51. The van der Waals surface area contributed by atoms with Crippen LogP contribution in [0.15, 0.2) is 65.3 Å². The standard InChI is InChI=1S/C19H18N4O3/c20-14-9-5-4-8-13(14)19-23-16(11-26-19)18(25)22-15(17(21)24)10-12-6-2-1-3-7-12/h1-9,11,15H,10,20H2,(H2,21,24)(H,22,25). The lowest BCUT2D eigenvalue weighted by Gasteiger charge is -2.14. The first-order valence-corrected chi connectivity index (χ1v) is 7.99. The van der Waals surface area contributed by atoms with Crippen LogP contribution < -0.4 is 16.8 Å². The number of aromatic nitrogens is 1. The largest absolute Gasteiger partial charge is 0.444 e. The molecule has 1 atom stereocenters. The van der Waals surface area contributed by atoms with Crippen LogP contribution in [0.2, 0.25) is 0 Å². The highest BCUT2D eigenvalue weighted by Crippen LogP contribution is 2.24. The summed E-state index contributed by atoms with van der Waals surface area (Å²) in [4.78, 5) is 28.2. The molecule has 0 aliphatic rings. The van der Waals surface area contributed by atoms with E-state index in [-0.39, 0.29) is 18.0 Å². The lowest BCUT2D eigenvalue weighted by molar-refractivity contribution is -0.119. The zero-order valence-corrected chi connectivity index (χ0v) is 13.9. The SMILES string of the molecule is NC(=O)C(Cc1ccccc1)NC(=O)c1coc(-c2ccccc2N)n1. The Morgan fingerprint density at radius 1 is 1.08 bits per heavy atom. The topological polar surface area (TPSA) is 124 Å². The Morgan fingerprint density at radius 3 is 2.46 bits per heavy atom. The maximum atomic E-state index is 12.4. The number of oxazole rings is 1. The van der Waals surface area contributed by atoms with Gasteiger partial charge >= 0.3 is 0 Å². The molecule has 0 aliphatic carbocycles. The zero-order chi connectivity index (χ0) is 18.5. The number of para-hydroxylation sites is 1. The number of nitrogen functional groups attached to an aromatic ring is 1. The minimum absolute atomic E-state index is 0.0440. The number of carbonyl (C=O) groups is 2. The van der Waals surface area contributed by atoms with Crippen LogP contribution in [0.5, 0.6) is 0 Å². The van der Waals surface area contributed by atoms with Gasteiger partial charge in [-0.1, -0.05) is 42.5 Å². The number of anilines is 1. The minimum atomic E-state index is -0.855. The number of nitrogens with two attached hydrogens (primary N) is 2. The van der Waals surface area contributed by atoms with Crippen molar-refractivity contribution in [1.29, 1.82) is 0 Å². The first-order chi connectivity index (χ1) is 12.5. The average Bonchev–Trinajstić information content (AvgIpc) is 3.12. The van der Waals surface area contributed by atoms with Crippen LogP contribution in [-0.4, -0.2) is 22.8 Å². The predicted molar refractivity (Wildman–Crippen MR) is 96.9 cm³/mol.